The van der Waals surface area contributed by atoms with Gasteiger partial charge in [-0.05, 0) is 50.0 Å². The van der Waals surface area contributed by atoms with Crippen molar-refractivity contribution >= 4 is 10.8 Å². The number of hydrogen-bond acceptors (Lipinski definition) is 1. The zero-order valence-corrected chi connectivity index (χ0v) is 14.1. The van der Waals surface area contributed by atoms with Crippen LogP contribution in [0.2, 0.25) is 0 Å². The van der Waals surface area contributed by atoms with Gasteiger partial charge in [-0.3, -0.25) is 0 Å². The fourth-order valence-electron chi connectivity index (χ4n) is 2.79. The van der Waals surface area contributed by atoms with Crippen LogP contribution in [0.4, 0.5) is 0 Å². The summed E-state index contributed by atoms with van der Waals surface area (Å²) in [4.78, 5) is 0. The monoisotopic (exact) mass is 296 g/mol. The predicted octanol–water partition coefficient (Wildman–Crippen LogP) is 6.38. The molecule has 118 valence electrons. The SMILES string of the molecule is CC=C(CC)CCC(C)CCOc1cccc2ccccc12. The summed E-state index contributed by atoms with van der Waals surface area (Å²) in [6.45, 7) is 7.51. The van der Waals surface area contributed by atoms with Crippen molar-refractivity contribution in [1.82, 2.24) is 0 Å². The molecule has 22 heavy (non-hydrogen) atoms. The van der Waals surface area contributed by atoms with Crippen LogP contribution in [-0.4, -0.2) is 6.61 Å². The second-order valence-electron chi connectivity index (χ2n) is 6.06. The van der Waals surface area contributed by atoms with Gasteiger partial charge in [-0.25, -0.2) is 0 Å². The summed E-state index contributed by atoms with van der Waals surface area (Å²) in [6.07, 6.45) is 7.04. The van der Waals surface area contributed by atoms with Crippen molar-refractivity contribution in [2.24, 2.45) is 5.92 Å². The van der Waals surface area contributed by atoms with Gasteiger partial charge < -0.3 is 4.74 Å². The van der Waals surface area contributed by atoms with Crippen LogP contribution in [0.25, 0.3) is 10.8 Å². The Morgan fingerprint density at radius 3 is 2.64 bits per heavy atom. The lowest BCUT2D eigenvalue weighted by Gasteiger charge is -2.14. The van der Waals surface area contributed by atoms with Gasteiger partial charge >= 0.3 is 0 Å². The topological polar surface area (TPSA) is 9.23 Å². The molecule has 1 nitrogen and oxygen atoms in total. The lowest BCUT2D eigenvalue weighted by molar-refractivity contribution is 0.282. The van der Waals surface area contributed by atoms with Crippen molar-refractivity contribution in [3.63, 3.8) is 0 Å². The van der Waals surface area contributed by atoms with Crippen LogP contribution < -0.4 is 4.74 Å². The average Bonchev–Trinajstić information content (AvgIpc) is 2.56. The van der Waals surface area contributed by atoms with Crippen molar-refractivity contribution < 1.29 is 4.74 Å². The Balaban J connectivity index is 1.83. The van der Waals surface area contributed by atoms with Crippen molar-refractivity contribution in [1.29, 1.82) is 0 Å². The molecule has 0 aliphatic rings. The zero-order chi connectivity index (χ0) is 15.8. The molecule has 0 heterocycles. The molecule has 0 fully saturated rings. The van der Waals surface area contributed by atoms with E-state index in [1.165, 1.54) is 30.0 Å². The highest BCUT2D eigenvalue weighted by Gasteiger charge is 2.05. The van der Waals surface area contributed by atoms with E-state index in [0.29, 0.717) is 5.92 Å². The summed E-state index contributed by atoms with van der Waals surface area (Å²) in [5.74, 6) is 1.71. The average molecular weight is 296 g/mol. The van der Waals surface area contributed by atoms with Gasteiger partial charge in [0.25, 0.3) is 0 Å². The van der Waals surface area contributed by atoms with E-state index in [1.807, 2.05) is 0 Å². The molecule has 0 aromatic heterocycles. The molecule has 0 bridgehead atoms. The Hall–Kier alpha value is -1.76. The first-order chi connectivity index (χ1) is 10.7. The highest BCUT2D eigenvalue weighted by atomic mass is 16.5. The van der Waals surface area contributed by atoms with E-state index in [0.717, 1.165) is 18.8 Å². The number of fused-ring (bicyclic) bond motifs is 1. The largest absolute Gasteiger partial charge is 0.493 e. The van der Waals surface area contributed by atoms with Gasteiger partial charge in [-0.2, -0.15) is 0 Å². The Kier molecular flexibility index (Phi) is 6.51. The fraction of sp³-hybridized carbons (Fsp3) is 0.429. The van der Waals surface area contributed by atoms with Gasteiger partial charge in [-0.1, -0.05) is 61.9 Å². The van der Waals surface area contributed by atoms with Crippen LogP contribution in [0.1, 0.15) is 46.5 Å². The number of rotatable bonds is 8. The number of allylic oxidation sites excluding steroid dienone is 2. The van der Waals surface area contributed by atoms with Crippen LogP contribution in [0.5, 0.6) is 5.75 Å². The van der Waals surface area contributed by atoms with E-state index in [-0.39, 0.29) is 0 Å². The lowest BCUT2D eigenvalue weighted by Crippen LogP contribution is -2.05. The first-order valence-corrected chi connectivity index (χ1v) is 8.49. The molecule has 0 saturated carbocycles. The Bertz CT molecular complexity index is 607. The van der Waals surface area contributed by atoms with Crippen molar-refractivity contribution in [2.45, 2.75) is 46.5 Å². The minimum Gasteiger partial charge on any atom is -0.493 e. The molecule has 1 atom stereocenters. The fourth-order valence-corrected chi connectivity index (χ4v) is 2.79. The summed E-state index contributed by atoms with van der Waals surface area (Å²) < 4.78 is 6.03. The molecular formula is C21H28O. The Morgan fingerprint density at radius 2 is 1.86 bits per heavy atom. The van der Waals surface area contributed by atoms with Gasteiger partial charge in [-0.15, -0.1) is 0 Å². The second kappa shape index (κ2) is 8.63. The minimum atomic E-state index is 0.705. The molecule has 0 aliphatic heterocycles. The summed E-state index contributed by atoms with van der Waals surface area (Å²) in [5.41, 5.74) is 1.57. The molecule has 2 rings (SSSR count). The number of ether oxygens (including phenoxy) is 1. The molecule has 0 amide bonds. The van der Waals surface area contributed by atoms with Gasteiger partial charge in [0, 0.05) is 5.39 Å². The van der Waals surface area contributed by atoms with Crippen LogP contribution in [0.3, 0.4) is 0 Å². The third kappa shape index (κ3) is 4.62. The highest BCUT2D eigenvalue weighted by Crippen LogP contribution is 2.26. The quantitative estimate of drug-likeness (QED) is 0.513. The molecule has 0 aliphatic carbocycles. The first-order valence-electron chi connectivity index (χ1n) is 8.49. The van der Waals surface area contributed by atoms with Crippen LogP contribution in [0, 0.1) is 5.92 Å². The van der Waals surface area contributed by atoms with E-state index in [4.69, 9.17) is 4.74 Å². The Labute approximate surface area is 135 Å². The standard InChI is InChI=1S/C21H28O/c1-4-18(5-2)14-13-17(3)15-16-22-21-12-8-10-19-9-6-7-11-20(19)21/h4,6-12,17H,5,13-16H2,1-3H3. The molecule has 2 aromatic rings. The van der Waals surface area contributed by atoms with E-state index in [2.05, 4.69) is 69.3 Å². The first kappa shape index (κ1) is 16.6. The summed E-state index contributed by atoms with van der Waals surface area (Å²) >= 11 is 0. The normalized spacial score (nSPS) is 13.3. The molecular weight excluding hydrogens is 268 g/mol. The highest BCUT2D eigenvalue weighted by molar-refractivity contribution is 5.88. The maximum atomic E-state index is 6.03. The maximum Gasteiger partial charge on any atom is 0.127 e. The molecule has 0 saturated heterocycles. The van der Waals surface area contributed by atoms with Crippen molar-refractivity contribution in [2.75, 3.05) is 6.61 Å². The third-order valence-electron chi connectivity index (χ3n) is 4.44. The van der Waals surface area contributed by atoms with E-state index in [9.17, 15) is 0 Å². The number of hydrogen-bond donors (Lipinski definition) is 0. The third-order valence-corrected chi connectivity index (χ3v) is 4.44. The molecule has 0 radical (unpaired) electrons. The van der Waals surface area contributed by atoms with Gasteiger partial charge in [0.05, 0.1) is 6.61 Å². The summed E-state index contributed by atoms with van der Waals surface area (Å²) in [5, 5.41) is 2.45. The smallest absolute Gasteiger partial charge is 0.127 e. The lowest BCUT2D eigenvalue weighted by atomic mass is 9.97. The van der Waals surface area contributed by atoms with Gasteiger partial charge in [0.1, 0.15) is 5.75 Å². The minimum absolute atomic E-state index is 0.705. The molecule has 2 aromatic carbocycles. The van der Waals surface area contributed by atoms with Crippen molar-refractivity contribution in [3.8, 4) is 5.75 Å². The summed E-state index contributed by atoms with van der Waals surface area (Å²) in [6, 6.07) is 14.7. The van der Waals surface area contributed by atoms with Crippen LogP contribution >= 0.6 is 0 Å². The molecule has 1 heteroatoms. The van der Waals surface area contributed by atoms with Crippen LogP contribution in [0.15, 0.2) is 54.1 Å². The summed E-state index contributed by atoms with van der Waals surface area (Å²) in [7, 11) is 0. The van der Waals surface area contributed by atoms with E-state index >= 15 is 0 Å². The van der Waals surface area contributed by atoms with E-state index in [1.54, 1.807) is 5.57 Å². The molecule has 0 spiro atoms. The zero-order valence-electron chi connectivity index (χ0n) is 14.1. The Morgan fingerprint density at radius 1 is 1.09 bits per heavy atom. The van der Waals surface area contributed by atoms with Gasteiger partial charge in [0.2, 0.25) is 0 Å². The van der Waals surface area contributed by atoms with Crippen LogP contribution in [-0.2, 0) is 0 Å². The molecule has 1 unspecified atom stereocenters. The molecule has 0 N–H and O–H groups in total. The predicted molar refractivity (Wildman–Crippen MR) is 96.5 cm³/mol. The second-order valence-corrected chi connectivity index (χ2v) is 6.06. The van der Waals surface area contributed by atoms with Crippen molar-refractivity contribution in [3.05, 3.63) is 54.1 Å². The van der Waals surface area contributed by atoms with Gasteiger partial charge in [0.15, 0.2) is 0 Å². The maximum absolute atomic E-state index is 6.03. The number of benzene rings is 2. The van der Waals surface area contributed by atoms with E-state index < -0.39 is 0 Å².